The van der Waals surface area contributed by atoms with E-state index in [4.69, 9.17) is 0 Å². The zero-order chi connectivity index (χ0) is 19.6. The molecule has 2 rings (SSSR count). The highest BCUT2D eigenvalue weighted by Gasteiger charge is 2.34. The Morgan fingerprint density at radius 2 is 1.08 bits per heavy atom. The summed E-state index contributed by atoms with van der Waals surface area (Å²) in [5.41, 5.74) is -5.27. The molecular weight excluding hydrogens is 352 g/mol. The molecule has 0 bridgehead atoms. The Labute approximate surface area is 143 Å². The van der Waals surface area contributed by atoms with Crippen LogP contribution in [0.4, 0.5) is 11.4 Å². The van der Waals surface area contributed by atoms with Gasteiger partial charge in [-0.05, 0) is 12.1 Å². The molecule has 0 fully saturated rings. The number of carbonyl (C=O) groups excluding carboxylic acids is 1. The topological polar surface area (TPSA) is 178 Å². The van der Waals surface area contributed by atoms with Gasteiger partial charge in [0, 0.05) is 12.1 Å². The van der Waals surface area contributed by atoms with Crippen LogP contribution >= 0.6 is 0 Å². The van der Waals surface area contributed by atoms with Crippen molar-refractivity contribution < 1.29 is 34.4 Å². The maximum Gasteiger partial charge on any atom is 0.336 e. The van der Waals surface area contributed by atoms with E-state index < -0.39 is 61.2 Å². The lowest BCUT2D eigenvalue weighted by Crippen LogP contribution is -2.17. The second-order valence-electron chi connectivity index (χ2n) is 4.85. The third-order valence-electron chi connectivity index (χ3n) is 3.39. The molecule has 11 heteroatoms. The van der Waals surface area contributed by atoms with Crippen LogP contribution in [0.3, 0.4) is 0 Å². The van der Waals surface area contributed by atoms with Gasteiger partial charge in [0.15, 0.2) is 0 Å². The minimum atomic E-state index is -1.69. The van der Waals surface area contributed by atoms with Gasteiger partial charge in [0.25, 0.3) is 11.4 Å². The Hall–Kier alpha value is -4.15. The number of hydrogen-bond acceptors (Lipinski definition) is 7. The van der Waals surface area contributed by atoms with E-state index in [1.807, 2.05) is 0 Å². The van der Waals surface area contributed by atoms with Gasteiger partial charge in [-0.3, -0.25) is 25.0 Å². The highest BCUT2D eigenvalue weighted by atomic mass is 16.6. The van der Waals surface area contributed by atoms with Crippen LogP contribution < -0.4 is 0 Å². The molecule has 0 aliphatic heterocycles. The smallest absolute Gasteiger partial charge is 0.336 e. The van der Waals surface area contributed by atoms with Crippen molar-refractivity contribution in [2.45, 2.75) is 0 Å². The van der Waals surface area contributed by atoms with Gasteiger partial charge in [0.05, 0.1) is 21.0 Å². The molecule has 0 aliphatic carbocycles. The minimum Gasteiger partial charge on any atom is -0.478 e. The highest BCUT2D eigenvalue weighted by Crippen LogP contribution is 2.31. The van der Waals surface area contributed by atoms with E-state index in [-0.39, 0.29) is 0 Å². The van der Waals surface area contributed by atoms with E-state index in [2.05, 4.69) is 0 Å². The van der Waals surface area contributed by atoms with Crippen LogP contribution in [0, 0.1) is 20.2 Å². The first-order valence-corrected chi connectivity index (χ1v) is 6.73. The van der Waals surface area contributed by atoms with Crippen molar-refractivity contribution in [1.82, 2.24) is 0 Å². The minimum absolute atomic E-state index is 0.779. The maximum atomic E-state index is 12.8. The molecule has 0 atom stereocenters. The largest absolute Gasteiger partial charge is 0.478 e. The van der Waals surface area contributed by atoms with Gasteiger partial charge in [0.2, 0.25) is 5.78 Å². The third kappa shape index (κ3) is 3.08. The monoisotopic (exact) mass is 360 g/mol. The number of carboxylic acids is 2. The zero-order valence-corrected chi connectivity index (χ0v) is 12.6. The van der Waals surface area contributed by atoms with Gasteiger partial charge < -0.3 is 10.2 Å². The second kappa shape index (κ2) is 6.76. The van der Waals surface area contributed by atoms with E-state index in [1.54, 1.807) is 0 Å². The van der Waals surface area contributed by atoms with Crippen LogP contribution in [-0.4, -0.2) is 37.8 Å². The van der Waals surface area contributed by atoms with Crippen molar-refractivity contribution in [1.29, 1.82) is 0 Å². The van der Waals surface area contributed by atoms with Gasteiger partial charge in [-0.1, -0.05) is 12.1 Å². The van der Waals surface area contributed by atoms with E-state index in [9.17, 15) is 44.8 Å². The number of ketones is 1. The number of carboxylic acid groups (broad SMARTS) is 2. The molecule has 132 valence electrons. The lowest BCUT2D eigenvalue weighted by Gasteiger charge is -2.09. The van der Waals surface area contributed by atoms with Gasteiger partial charge in [-0.15, -0.1) is 0 Å². The van der Waals surface area contributed by atoms with Gasteiger partial charge in [-0.25, -0.2) is 9.59 Å². The van der Waals surface area contributed by atoms with Crippen LogP contribution in [0.15, 0.2) is 36.4 Å². The van der Waals surface area contributed by atoms with E-state index in [1.165, 1.54) is 0 Å². The molecule has 11 nitrogen and oxygen atoms in total. The second-order valence-corrected chi connectivity index (χ2v) is 4.85. The van der Waals surface area contributed by atoms with Crippen molar-refractivity contribution in [3.63, 3.8) is 0 Å². The Balaban J connectivity index is 2.91. The highest BCUT2D eigenvalue weighted by molar-refractivity contribution is 6.21. The predicted octanol–water partition coefficient (Wildman–Crippen LogP) is 2.13. The molecule has 0 aliphatic rings. The normalized spacial score (nSPS) is 10.2. The summed E-state index contributed by atoms with van der Waals surface area (Å²) in [7, 11) is 0. The van der Waals surface area contributed by atoms with E-state index >= 15 is 0 Å². The lowest BCUT2D eigenvalue weighted by atomic mass is 9.92. The van der Waals surface area contributed by atoms with Crippen LogP contribution in [-0.2, 0) is 0 Å². The summed E-state index contributed by atoms with van der Waals surface area (Å²) < 4.78 is 0. The molecule has 2 aromatic rings. The Bertz CT molecular complexity index is 839. The maximum absolute atomic E-state index is 12.8. The number of rotatable bonds is 6. The summed E-state index contributed by atoms with van der Waals surface area (Å²) in [6, 6.07) is 5.53. The third-order valence-corrected chi connectivity index (χ3v) is 3.39. The van der Waals surface area contributed by atoms with Crippen LogP contribution in [0.5, 0.6) is 0 Å². The molecule has 2 aromatic carbocycles. The lowest BCUT2D eigenvalue weighted by molar-refractivity contribution is -0.385. The van der Waals surface area contributed by atoms with Crippen LogP contribution in [0.1, 0.15) is 36.6 Å². The average molecular weight is 360 g/mol. The average Bonchev–Trinajstić information content (AvgIpc) is 2.59. The summed E-state index contributed by atoms with van der Waals surface area (Å²) in [5.74, 6) is -4.82. The molecule has 0 unspecified atom stereocenters. The van der Waals surface area contributed by atoms with Crippen molar-refractivity contribution >= 4 is 29.1 Å². The molecule has 26 heavy (non-hydrogen) atoms. The van der Waals surface area contributed by atoms with Crippen LogP contribution in [0.2, 0.25) is 0 Å². The summed E-state index contributed by atoms with van der Waals surface area (Å²) in [6.45, 7) is 0. The fourth-order valence-electron chi connectivity index (χ4n) is 2.34. The van der Waals surface area contributed by atoms with Gasteiger partial charge >= 0.3 is 11.9 Å². The molecule has 0 amide bonds. The first kappa shape index (κ1) is 18.2. The summed E-state index contributed by atoms with van der Waals surface area (Å²) in [6.07, 6.45) is 0. The number of carbonyl (C=O) groups is 3. The number of nitro benzene ring substituents is 2. The molecular formula is C15H8N2O9. The summed E-state index contributed by atoms with van der Waals surface area (Å²) >= 11 is 0. The number of benzene rings is 2. The van der Waals surface area contributed by atoms with Crippen molar-refractivity contribution in [3.05, 3.63) is 78.9 Å². The van der Waals surface area contributed by atoms with Crippen molar-refractivity contribution in [3.8, 4) is 0 Å². The summed E-state index contributed by atoms with van der Waals surface area (Å²) in [5, 5.41) is 40.8. The standard InChI is InChI=1S/C15H8N2O9/c18-13(11-7(14(19)20)3-1-5-9(11)16(23)24)12-8(15(21)22)4-2-6-10(12)17(25)26/h1-6H,(H,19,20)(H,21,22). The Morgan fingerprint density at radius 1 is 0.731 bits per heavy atom. The zero-order valence-electron chi connectivity index (χ0n) is 12.6. The molecule has 0 saturated heterocycles. The fraction of sp³-hybridized carbons (Fsp3) is 0. The Kier molecular flexibility index (Phi) is 4.73. The number of nitro groups is 2. The molecule has 0 aromatic heterocycles. The molecule has 0 spiro atoms. The fourth-order valence-corrected chi connectivity index (χ4v) is 2.34. The number of aromatic carboxylic acids is 2. The number of hydrogen-bond donors (Lipinski definition) is 2. The predicted molar refractivity (Wildman–Crippen MR) is 83.5 cm³/mol. The van der Waals surface area contributed by atoms with Gasteiger partial charge in [0.1, 0.15) is 11.1 Å². The molecule has 0 radical (unpaired) electrons. The van der Waals surface area contributed by atoms with Crippen molar-refractivity contribution in [2.24, 2.45) is 0 Å². The SMILES string of the molecule is O=C(O)c1cccc([N+](=O)[O-])c1C(=O)c1c(C(=O)O)cccc1[N+](=O)[O-]. The quantitative estimate of drug-likeness (QED) is 0.443. The molecule has 0 heterocycles. The molecule has 2 N–H and O–H groups in total. The van der Waals surface area contributed by atoms with Gasteiger partial charge in [-0.2, -0.15) is 0 Å². The van der Waals surface area contributed by atoms with E-state index in [0.717, 1.165) is 36.4 Å². The molecule has 0 saturated carbocycles. The van der Waals surface area contributed by atoms with E-state index in [0.29, 0.717) is 0 Å². The number of nitrogens with zero attached hydrogens (tertiary/aromatic N) is 2. The van der Waals surface area contributed by atoms with Crippen molar-refractivity contribution in [2.75, 3.05) is 0 Å². The van der Waals surface area contributed by atoms with Crippen LogP contribution in [0.25, 0.3) is 0 Å². The summed E-state index contributed by atoms with van der Waals surface area (Å²) in [4.78, 5) is 55.8. The first-order valence-electron chi connectivity index (χ1n) is 6.73. The first-order chi connectivity index (χ1) is 12.2. The Morgan fingerprint density at radius 3 is 1.35 bits per heavy atom.